The summed E-state index contributed by atoms with van der Waals surface area (Å²) >= 11 is 11.8. The molecular weight excluding hydrogens is 361 g/mol. The van der Waals surface area contributed by atoms with Crippen molar-refractivity contribution in [3.63, 3.8) is 0 Å². The molecule has 0 saturated carbocycles. The van der Waals surface area contributed by atoms with Crippen LogP contribution in [0.1, 0.15) is 17.3 Å². The highest BCUT2D eigenvalue weighted by molar-refractivity contribution is 6.41. The van der Waals surface area contributed by atoms with Crippen LogP contribution >= 0.6 is 23.2 Å². The van der Waals surface area contributed by atoms with Gasteiger partial charge in [-0.25, -0.2) is 4.98 Å². The van der Waals surface area contributed by atoms with Gasteiger partial charge in [0.2, 0.25) is 0 Å². The van der Waals surface area contributed by atoms with Gasteiger partial charge in [0.1, 0.15) is 10.9 Å². The summed E-state index contributed by atoms with van der Waals surface area (Å²) in [7, 11) is 0. The van der Waals surface area contributed by atoms with Crippen molar-refractivity contribution in [1.82, 2.24) is 9.88 Å². The predicted molar refractivity (Wildman–Crippen MR) is 100.0 cm³/mol. The number of hydrogen-bond acceptors (Lipinski definition) is 4. The number of nitrogens with zero attached hydrogens (tertiary/aromatic N) is 3. The quantitative estimate of drug-likeness (QED) is 0.758. The Bertz CT molecular complexity index is 762. The largest absolute Gasteiger partial charge is 0.492 e. The molecule has 1 saturated heterocycles. The Morgan fingerprint density at radius 3 is 2.60 bits per heavy atom. The van der Waals surface area contributed by atoms with Crippen LogP contribution in [0.2, 0.25) is 10.2 Å². The number of amides is 1. The number of hydrogen-bond donors (Lipinski definition) is 0. The summed E-state index contributed by atoms with van der Waals surface area (Å²) in [5.41, 5.74) is 1.52. The van der Waals surface area contributed by atoms with Crippen LogP contribution < -0.4 is 9.64 Å². The van der Waals surface area contributed by atoms with Crippen molar-refractivity contribution in [3.05, 3.63) is 52.3 Å². The molecule has 132 valence electrons. The minimum atomic E-state index is -0.0798. The van der Waals surface area contributed by atoms with Gasteiger partial charge in [-0.1, -0.05) is 35.3 Å². The van der Waals surface area contributed by atoms with Crippen LogP contribution in [0.25, 0.3) is 0 Å². The molecule has 1 aromatic heterocycles. The van der Waals surface area contributed by atoms with E-state index in [2.05, 4.69) is 9.88 Å². The number of ether oxygens (including phenoxy) is 1. The number of carbonyl (C=O) groups is 1. The predicted octanol–water partition coefficient (Wildman–Crippen LogP) is 3.75. The summed E-state index contributed by atoms with van der Waals surface area (Å²) in [5.74, 6) is 0.794. The number of pyridine rings is 1. The Morgan fingerprint density at radius 1 is 1.20 bits per heavy atom. The lowest BCUT2D eigenvalue weighted by Crippen LogP contribution is -2.48. The molecule has 1 aliphatic heterocycles. The Labute approximate surface area is 157 Å². The van der Waals surface area contributed by atoms with Crippen LogP contribution in [0.4, 0.5) is 5.69 Å². The number of carbonyl (C=O) groups excluding carboxylic acids is 1. The summed E-state index contributed by atoms with van der Waals surface area (Å²) in [5, 5.41) is 0.493. The third-order valence-electron chi connectivity index (χ3n) is 4.12. The zero-order chi connectivity index (χ0) is 17.8. The number of para-hydroxylation sites is 2. The van der Waals surface area contributed by atoms with Crippen molar-refractivity contribution in [2.24, 2.45) is 0 Å². The van der Waals surface area contributed by atoms with Crippen LogP contribution in [0, 0.1) is 0 Å². The van der Waals surface area contributed by atoms with Gasteiger partial charge in [-0.05, 0) is 25.1 Å². The highest BCUT2D eigenvalue weighted by Crippen LogP contribution is 2.29. The average Bonchev–Trinajstić information content (AvgIpc) is 2.64. The smallest absolute Gasteiger partial charge is 0.255 e. The third kappa shape index (κ3) is 3.99. The van der Waals surface area contributed by atoms with Gasteiger partial charge >= 0.3 is 0 Å². The van der Waals surface area contributed by atoms with E-state index < -0.39 is 0 Å². The van der Waals surface area contributed by atoms with Crippen LogP contribution in [0.5, 0.6) is 5.75 Å². The van der Waals surface area contributed by atoms with Gasteiger partial charge in [-0.2, -0.15) is 0 Å². The Morgan fingerprint density at radius 2 is 1.92 bits per heavy atom. The van der Waals surface area contributed by atoms with Crippen molar-refractivity contribution < 1.29 is 9.53 Å². The van der Waals surface area contributed by atoms with Crippen LogP contribution in [0.3, 0.4) is 0 Å². The van der Waals surface area contributed by atoms with Gasteiger partial charge in [0.25, 0.3) is 5.91 Å². The molecule has 0 unspecified atom stereocenters. The maximum absolute atomic E-state index is 12.6. The molecule has 0 spiro atoms. The molecule has 7 heteroatoms. The summed E-state index contributed by atoms with van der Waals surface area (Å²) < 4.78 is 5.70. The molecule has 1 fully saturated rings. The van der Waals surface area contributed by atoms with Crippen molar-refractivity contribution >= 4 is 34.8 Å². The zero-order valence-electron chi connectivity index (χ0n) is 13.9. The van der Waals surface area contributed by atoms with Gasteiger partial charge in [-0.3, -0.25) is 4.79 Å². The molecule has 0 bridgehead atoms. The van der Waals surface area contributed by atoms with E-state index in [1.165, 1.54) is 6.20 Å². The van der Waals surface area contributed by atoms with Crippen molar-refractivity contribution in [2.75, 3.05) is 37.7 Å². The second-order valence-corrected chi connectivity index (χ2v) is 6.44. The van der Waals surface area contributed by atoms with Crippen molar-refractivity contribution in [1.29, 1.82) is 0 Å². The van der Waals surface area contributed by atoms with Gasteiger partial charge in [0, 0.05) is 32.4 Å². The van der Waals surface area contributed by atoms with E-state index in [0.717, 1.165) is 24.5 Å². The Hall–Kier alpha value is -1.98. The second kappa shape index (κ2) is 7.93. The Balaban J connectivity index is 1.67. The number of anilines is 1. The van der Waals surface area contributed by atoms with Crippen molar-refractivity contribution in [3.8, 4) is 5.75 Å². The normalized spacial score (nSPS) is 14.5. The van der Waals surface area contributed by atoms with Gasteiger partial charge in [0.05, 0.1) is 22.9 Å². The minimum absolute atomic E-state index is 0.0798. The van der Waals surface area contributed by atoms with Gasteiger partial charge < -0.3 is 14.5 Å². The number of benzene rings is 1. The highest BCUT2D eigenvalue weighted by Gasteiger charge is 2.24. The average molecular weight is 380 g/mol. The van der Waals surface area contributed by atoms with E-state index in [4.69, 9.17) is 27.9 Å². The SMILES string of the molecule is CCOc1ccccc1N1CCN(C(=O)c2cnc(Cl)c(Cl)c2)CC1. The molecule has 1 amide bonds. The molecule has 0 N–H and O–H groups in total. The van der Waals surface area contributed by atoms with Gasteiger partial charge in [0.15, 0.2) is 0 Å². The monoisotopic (exact) mass is 379 g/mol. The van der Waals surface area contributed by atoms with Crippen LogP contribution in [0.15, 0.2) is 36.5 Å². The van der Waals surface area contributed by atoms with E-state index in [1.54, 1.807) is 11.0 Å². The molecule has 1 aliphatic rings. The van der Waals surface area contributed by atoms with E-state index in [1.807, 2.05) is 31.2 Å². The lowest BCUT2D eigenvalue weighted by molar-refractivity contribution is 0.0746. The molecule has 1 aromatic carbocycles. The first-order chi connectivity index (χ1) is 12.1. The summed E-state index contributed by atoms with van der Waals surface area (Å²) in [4.78, 5) is 20.6. The van der Waals surface area contributed by atoms with E-state index in [9.17, 15) is 4.79 Å². The summed E-state index contributed by atoms with van der Waals surface area (Å²) in [6.45, 7) is 5.33. The Kier molecular flexibility index (Phi) is 5.66. The highest BCUT2D eigenvalue weighted by atomic mass is 35.5. The maximum atomic E-state index is 12.6. The lowest BCUT2D eigenvalue weighted by Gasteiger charge is -2.36. The fourth-order valence-electron chi connectivity index (χ4n) is 2.87. The van der Waals surface area contributed by atoms with E-state index in [-0.39, 0.29) is 16.1 Å². The number of halogens is 2. The zero-order valence-corrected chi connectivity index (χ0v) is 15.4. The topological polar surface area (TPSA) is 45.7 Å². The summed E-state index contributed by atoms with van der Waals surface area (Å²) in [6, 6.07) is 9.54. The molecule has 0 radical (unpaired) electrons. The van der Waals surface area contributed by atoms with E-state index in [0.29, 0.717) is 25.3 Å². The number of rotatable bonds is 4. The maximum Gasteiger partial charge on any atom is 0.255 e. The third-order valence-corrected chi connectivity index (χ3v) is 4.80. The fraction of sp³-hybridized carbons (Fsp3) is 0.333. The first-order valence-corrected chi connectivity index (χ1v) is 8.93. The first-order valence-electron chi connectivity index (χ1n) is 8.17. The molecule has 0 atom stereocenters. The van der Waals surface area contributed by atoms with Gasteiger partial charge in [-0.15, -0.1) is 0 Å². The molecule has 0 aliphatic carbocycles. The van der Waals surface area contributed by atoms with Crippen LogP contribution in [-0.2, 0) is 0 Å². The molecule has 2 aromatic rings. The molecule has 25 heavy (non-hydrogen) atoms. The summed E-state index contributed by atoms with van der Waals surface area (Å²) in [6.07, 6.45) is 1.47. The van der Waals surface area contributed by atoms with Crippen LogP contribution in [-0.4, -0.2) is 48.6 Å². The fourth-order valence-corrected chi connectivity index (χ4v) is 3.14. The standard InChI is InChI=1S/C18H19Cl2N3O2/c1-2-25-16-6-4-3-5-15(16)22-7-9-23(10-8-22)18(24)13-11-14(19)17(20)21-12-13/h3-6,11-12H,2,7-10H2,1H3. The molecule has 3 rings (SSSR count). The first kappa shape index (κ1) is 17.8. The molecular formula is C18H19Cl2N3O2. The number of aromatic nitrogens is 1. The molecule has 2 heterocycles. The van der Waals surface area contributed by atoms with Crippen molar-refractivity contribution in [2.45, 2.75) is 6.92 Å². The number of piperazine rings is 1. The second-order valence-electron chi connectivity index (χ2n) is 5.68. The molecule has 5 nitrogen and oxygen atoms in total. The minimum Gasteiger partial charge on any atom is -0.492 e. The van der Waals surface area contributed by atoms with E-state index >= 15 is 0 Å². The lowest BCUT2D eigenvalue weighted by atomic mass is 10.2.